The molecule has 0 bridgehead atoms. The highest BCUT2D eigenvalue weighted by molar-refractivity contribution is 7.91. The van der Waals surface area contributed by atoms with Crippen molar-refractivity contribution in [1.82, 2.24) is 9.88 Å². The largest absolute Gasteiger partial charge is 0.433 e. The number of aryl methyl sites for hydroxylation is 1. The second-order valence-corrected chi connectivity index (χ2v) is 8.46. The Morgan fingerprint density at radius 3 is 2.52 bits per heavy atom. The number of nitrogens with zero attached hydrogens (tertiary/aromatic N) is 2. The Morgan fingerprint density at radius 1 is 1.36 bits per heavy atom. The van der Waals surface area contributed by atoms with Gasteiger partial charge in [-0.25, -0.2) is 13.4 Å². The quantitative estimate of drug-likeness (QED) is 0.790. The monoisotopic (exact) mass is 378 g/mol. The Kier molecular flexibility index (Phi) is 5.75. The number of hydrogen-bond donors (Lipinski definition) is 0. The zero-order chi connectivity index (χ0) is 18.8. The van der Waals surface area contributed by atoms with Crippen LogP contribution in [0.25, 0.3) is 0 Å². The van der Waals surface area contributed by atoms with E-state index < -0.39 is 33.7 Å². The molecule has 140 valence electrons. The van der Waals surface area contributed by atoms with Crippen molar-refractivity contribution >= 4 is 15.7 Å². The molecule has 0 aliphatic carbocycles. The summed E-state index contributed by atoms with van der Waals surface area (Å²) >= 11 is 0. The molecule has 1 fully saturated rings. The minimum Gasteiger partial charge on any atom is -0.335 e. The number of unbranched alkanes of at least 4 members (excludes halogenated alkanes) is 1. The highest BCUT2D eigenvalue weighted by Crippen LogP contribution is 2.29. The third-order valence-electron chi connectivity index (χ3n) is 4.27. The molecule has 0 saturated carbocycles. The van der Waals surface area contributed by atoms with Gasteiger partial charge in [0.1, 0.15) is 5.69 Å². The summed E-state index contributed by atoms with van der Waals surface area (Å²) in [5.41, 5.74) is -0.985. The molecule has 25 heavy (non-hydrogen) atoms. The zero-order valence-corrected chi connectivity index (χ0v) is 15.0. The summed E-state index contributed by atoms with van der Waals surface area (Å²) in [7, 11) is -3.18. The van der Waals surface area contributed by atoms with E-state index in [0.717, 1.165) is 18.6 Å². The number of pyridine rings is 1. The van der Waals surface area contributed by atoms with E-state index in [1.165, 1.54) is 11.8 Å². The number of sulfone groups is 1. The first-order chi connectivity index (χ1) is 11.5. The van der Waals surface area contributed by atoms with Crippen LogP contribution in [0.4, 0.5) is 13.2 Å². The minimum atomic E-state index is -4.58. The van der Waals surface area contributed by atoms with Gasteiger partial charge in [0.25, 0.3) is 5.91 Å². The van der Waals surface area contributed by atoms with Gasteiger partial charge in [-0.15, -0.1) is 0 Å². The Bertz CT molecular complexity index is 747. The lowest BCUT2D eigenvalue weighted by atomic mass is 10.1. The van der Waals surface area contributed by atoms with Crippen LogP contribution in [0.5, 0.6) is 0 Å². The number of alkyl halides is 3. The smallest absolute Gasteiger partial charge is 0.335 e. The minimum absolute atomic E-state index is 0.0119. The molecule has 9 heteroatoms. The van der Waals surface area contributed by atoms with Crippen LogP contribution in [-0.4, -0.2) is 48.3 Å². The van der Waals surface area contributed by atoms with Gasteiger partial charge in [0.2, 0.25) is 0 Å². The highest BCUT2D eigenvalue weighted by Gasteiger charge is 2.36. The number of aromatic nitrogens is 1. The molecule has 1 saturated heterocycles. The van der Waals surface area contributed by atoms with E-state index >= 15 is 0 Å². The molecule has 2 rings (SSSR count). The normalized spacial score (nSPS) is 19.8. The van der Waals surface area contributed by atoms with Gasteiger partial charge >= 0.3 is 6.18 Å². The molecule has 2 heterocycles. The Hall–Kier alpha value is -1.64. The molecule has 0 aromatic carbocycles. The van der Waals surface area contributed by atoms with E-state index in [-0.39, 0.29) is 22.8 Å². The average Bonchev–Trinajstić information content (AvgIpc) is 2.86. The maximum absolute atomic E-state index is 12.8. The Morgan fingerprint density at radius 2 is 2.04 bits per heavy atom. The topological polar surface area (TPSA) is 67.3 Å². The molecule has 1 aromatic heterocycles. The van der Waals surface area contributed by atoms with Crippen LogP contribution in [0.1, 0.15) is 47.9 Å². The van der Waals surface area contributed by atoms with Gasteiger partial charge in [0.15, 0.2) is 9.84 Å². The number of carbonyl (C=O) groups excluding carboxylic acids is 1. The fourth-order valence-electron chi connectivity index (χ4n) is 2.90. The summed E-state index contributed by atoms with van der Waals surface area (Å²) in [4.78, 5) is 17.8. The maximum Gasteiger partial charge on any atom is 0.433 e. The molecular weight excluding hydrogens is 357 g/mol. The number of amides is 1. The highest BCUT2D eigenvalue weighted by atomic mass is 32.2. The average molecular weight is 378 g/mol. The van der Waals surface area contributed by atoms with Gasteiger partial charge < -0.3 is 4.90 Å². The molecule has 1 aliphatic rings. The fourth-order valence-corrected chi connectivity index (χ4v) is 4.63. The van der Waals surface area contributed by atoms with Gasteiger partial charge in [0, 0.05) is 12.6 Å². The van der Waals surface area contributed by atoms with Gasteiger partial charge in [-0.1, -0.05) is 13.3 Å². The van der Waals surface area contributed by atoms with Crippen molar-refractivity contribution < 1.29 is 26.4 Å². The molecule has 0 N–H and O–H groups in total. The summed E-state index contributed by atoms with van der Waals surface area (Å²) in [6.07, 6.45) is -2.72. The van der Waals surface area contributed by atoms with Crippen LogP contribution >= 0.6 is 0 Å². The molecule has 1 aromatic rings. The summed E-state index contributed by atoms with van der Waals surface area (Å²) in [5, 5.41) is 0. The summed E-state index contributed by atoms with van der Waals surface area (Å²) in [6.45, 7) is 3.67. The van der Waals surface area contributed by atoms with Gasteiger partial charge in [-0.2, -0.15) is 13.2 Å². The van der Waals surface area contributed by atoms with E-state index in [1.54, 1.807) is 0 Å². The predicted octanol–water partition coefficient (Wildman–Crippen LogP) is 2.84. The molecule has 0 radical (unpaired) electrons. The van der Waals surface area contributed by atoms with Gasteiger partial charge in [-0.3, -0.25) is 4.79 Å². The van der Waals surface area contributed by atoms with Crippen molar-refractivity contribution in [2.75, 3.05) is 18.1 Å². The lowest BCUT2D eigenvalue weighted by Crippen LogP contribution is -2.42. The number of halogens is 3. The lowest BCUT2D eigenvalue weighted by Gasteiger charge is -2.29. The number of hydrogen-bond acceptors (Lipinski definition) is 4. The standard InChI is InChI=1S/C16H21F3N2O3S/c1-3-4-8-21(12-7-9-25(23,24)10-12)15(22)13-5-6-14(16(17,18)19)20-11(13)2/h5-6,12H,3-4,7-10H2,1-2H3. The van der Waals surface area contributed by atoms with Crippen molar-refractivity contribution in [2.24, 2.45) is 0 Å². The maximum atomic E-state index is 12.8. The second-order valence-electron chi connectivity index (χ2n) is 6.24. The van der Waals surface area contributed by atoms with E-state index in [9.17, 15) is 26.4 Å². The van der Waals surface area contributed by atoms with Crippen molar-refractivity contribution in [2.45, 2.75) is 45.3 Å². The molecule has 1 amide bonds. The molecule has 5 nitrogen and oxygen atoms in total. The molecule has 0 spiro atoms. The Balaban J connectivity index is 2.30. The van der Waals surface area contributed by atoms with Crippen LogP contribution in [0.15, 0.2) is 12.1 Å². The lowest BCUT2D eigenvalue weighted by molar-refractivity contribution is -0.141. The number of rotatable bonds is 5. The van der Waals surface area contributed by atoms with Crippen molar-refractivity contribution in [3.63, 3.8) is 0 Å². The van der Waals surface area contributed by atoms with E-state index in [4.69, 9.17) is 0 Å². The van der Waals surface area contributed by atoms with Crippen LogP contribution in [0.3, 0.4) is 0 Å². The van der Waals surface area contributed by atoms with Crippen molar-refractivity contribution in [1.29, 1.82) is 0 Å². The third-order valence-corrected chi connectivity index (χ3v) is 6.02. The van der Waals surface area contributed by atoms with Crippen LogP contribution < -0.4 is 0 Å². The second kappa shape index (κ2) is 7.31. The van der Waals surface area contributed by atoms with Crippen LogP contribution in [0, 0.1) is 6.92 Å². The van der Waals surface area contributed by atoms with Crippen LogP contribution in [-0.2, 0) is 16.0 Å². The molecule has 1 unspecified atom stereocenters. The molecule has 1 atom stereocenters. The summed E-state index contributed by atoms with van der Waals surface area (Å²) in [5.74, 6) is -0.540. The van der Waals surface area contributed by atoms with Crippen LogP contribution in [0.2, 0.25) is 0 Å². The molecular formula is C16H21F3N2O3S. The molecule has 1 aliphatic heterocycles. The fraction of sp³-hybridized carbons (Fsp3) is 0.625. The van der Waals surface area contributed by atoms with Gasteiger partial charge in [0.05, 0.1) is 22.8 Å². The van der Waals surface area contributed by atoms with E-state index in [1.807, 2.05) is 6.92 Å². The van der Waals surface area contributed by atoms with E-state index in [2.05, 4.69) is 4.98 Å². The third kappa shape index (κ3) is 4.71. The van der Waals surface area contributed by atoms with Gasteiger partial charge in [-0.05, 0) is 31.9 Å². The first kappa shape index (κ1) is 19.7. The first-order valence-electron chi connectivity index (χ1n) is 8.11. The predicted molar refractivity (Wildman–Crippen MR) is 87.0 cm³/mol. The summed E-state index contributed by atoms with van der Waals surface area (Å²) < 4.78 is 61.6. The first-order valence-corrected chi connectivity index (χ1v) is 9.93. The SMILES string of the molecule is CCCCN(C(=O)c1ccc(C(F)(F)F)nc1C)C1CCS(=O)(=O)C1. The van der Waals surface area contributed by atoms with E-state index in [0.29, 0.717) is 19.4 Å². The Labute approximate surface area is 145 Å². The van der Waals surface area contributed by atoms with Crippen molar-refractivity contribution in [3.8, 4) is 0 Å². The zero-order valence-electron chi connectivity index (χ0n) is 14.1. The summed E-state index contributed by atoms with van der Waals surface area (Å²) in [6, 6.07) is 1.46. The number of carbonyl (C=O) groups is 1. The van der Waals surface area contributed by atoms with Crippen molar-refractivity contribution in [3.05, 3.63) is 29.1 Å².